The lowest BCUT2D eigenvalue weighted by Gasteiger charge is -2.36. The Bertz CT molecular complexity index is 1130. The standard InChI is InChI=1S/C24H26N2O3/c1-16-19(21-10-6-7-14-25(21)17(2)27)11-12-22(29-3)23(16)26-15-13-18-8-4-5-9-20(18)24(26)28/h4-5,8-9,11-13,15,21H,6-7,10,14H2,1-3H3. The first-order valence-corrected chi connectivity index (χ1v) is 10.1. The second-order valence-electron chi connectivity index (χ2n) is 7.63. The molecule has 5 heteroatoms. The minimum Gasteiger partial charge on any atom is -0.495 e. The number of aromatic nitrogens is 1. The number of rotatable bonds is 3. The van der Waals surface area contributed by atoms with Gasteiger partial charge in [0, 0.05) is 25.1 Å². The average Bonchev–Trinajstić information content (AvgIpc) is 2.74. The first kappa shape index (κ1) is 19.2. The van der Waals surface area contributed by atoms with Crippen LogP contribution < -0.4 is 10.3 Å². The van der Waals surface area contributed by atoms with E-state index in [0.717, 1.165) is 48.0 Å². The van der Waals surface area contributed by atoms with Crippen molar-refractivity contribution in [3.63, 3.8) is 0 Å². The predicted octanol–water partition coefficient (Wildman–Crippen LogP) is 4.38. The highest BCUT2D eigenvalue weighted by Crippen LogP contribution is 2.37. The normalized spacial score (nSPS) is 16.8. The molecule has 0 aliphatic carbocycles. The largest absolute Gasteiger partial charge is 0.495 e. The quantitative estimate of drug-likeness (QED) is 0.667. The molecule has 1 unspecified atom stereocenters. The summed E-state index contributed by atoms with van der Waals surface area (Å²) >= 11 is 0. The fourth-order valence-corrected chi connectivity index (χ4v) is 4.51. The summed E-state index contributed by atoms with van der Waals surface area (Å²) in [7, 11) is 1.62. The minimum absolute atomic E-state index is 0.0297. The van der Waals surface area contributed by atoms with E-state index in [1.165, 1.54) is 0 Å². The fraction of sp³-hybridized carbons (Fsp3) is 0.333. The van der Waals surface area contributed by atoms with Gasteiger partial charge in [-0.2, -0.15) is 0 Å². The second kappa shape index (κ2) is 7.74. The van der Waals surface area contributed by atoms with E-state index < -0.39 is 0 Å². The van der Waals surface area contributed by atoms with Gasteiger partial charge in [0.05, 0.1) is 18.8 Å². The van der Waals surface area contributed by atoms with E-state index >= 15 is 0 Å². The van der Waals surface area contributed by atoms with Gasteiger partial charge in [0.1, 0.15) is 5.75 Å². The molecular weight excluding hydrogens is 364 g/mol. The van der Waals surface area contributed by atoms with E-state index in [1.807, 2.05) is 60.5 Å². The highest BCUT2D eigenvalue weighted by atomic mass is 16.5. The summed E-state index contributed by atoms with van der Waals surface area (Å²) in [6, 6.07) is 13.5. The van der Waals surface area contributed by atoms with Crippen LogP contribution in [0.15, 0.2) is 53.5 Å². The monoisotopic (exact) mass is 390 g/mol. The van der Waals surface area contributed by atoms with Gasteiger partial charge in [-0.1, -0.05) is 24.3 Å². The van der Waals surface area contributed by atoms with Gasteiger partial charge in [-0.15, -0.1) is 0 Å². The van der Waals surface area contributed by atoms with E-state index in [0.29, 0.717) is 11.1 Å². The summed E-state index contributed by atoms with van der Waals surface area (Å²) in [5, 5.41) is 1.58. The van der Waals surface area contributed by atoms with Crippen LogP contribution in [0.2, 0.25) is 0 Å². The number of nitrogens with zero attached hydrogens (tertiary/aromatic N) is 2. The third-order valence-electron chi connectivity index (χ3n) is 5.98. The Balaban J connectivity index is 1.92. The maximum Gasteiger partial charge on any atom is 0.263 e. The third kappa shape index (κ3) is 3.31. The Morgan fingerprint density at radius 3 is 2.66 bits per heavy atom. The molecule has 1 aliphatic heterocycles. The van der Waals surface area contributed by atoms with Crippen LogP contribution >= 0.6 is 0 Å². The van der Waals surface area contributed by atoms with E-state index in [2.05, 4.69) is 0 Å². The molecule has 2 aromatic carbocycles. The molecular formula is C24H26N2O3. The molecule has 29 heavy (non-hydrogen) atoms. The molecule has 1 saturated heterocycles. The van der Waals surface area contributed by atoms with Crippen molar-refractivity contribution in [2.45, 2.75) is 39.2 Å². The topological polar surface area (TPSA) is 51.5 Å². The maximum atomic E-state index is 13.3. The van der Waals surface area contributed by atoms with Gasteiger partial charge in [0.15, 0.2) is 0 Å². The number of likely N-dealkylation sites (tertiary alicyclic amines) is 1. The van der Waals surface area contributed by atoms with Crippen LogP contribution in [-0.2, 0) is 4.79 Å². The molecule has 1 fully saturated rings. The number of hydrogen-bond donors (Lipinski definition) is 0. The molecule has 1 aromatic heterocycles. The molecule has 0 saturated carbocycles. The molecule has 0 spiro atoms. The first-order valence-electron chi connectivity index (χ1n) is 10.1. The van der Waals surface area contributed by atoms with Crippen molar-refractivity contribution in [3.05, 3.63) is 70.1 Å². The number of methoxy groups -OCH3 is 1. The van der Waals surface area contributed by atoms with Crippen molar-refractivity contribution in [2.24, 2.45) is 0 Å². The molecule has 2 heterocycles. The van der Waals surface area contributed by atoms with Crippen molar-refractivity contribution >= 4 is 16.7 Å². The van der Waals surface area contributed by atoms with Gasteiger partial charge in [-0.25, -0.2) is 0 Å². The number of piperidine rings is 1. The van der Waals surface area contributed by atoms with Crippen molar-refractivity contribution in [3.8, 4) is 11.4 Å². The highest BCUT2D eigenvalue weighted by molar-refractivity contribution is 5.82. The number of hydrogen-bond acceptors (Lipinski definition) is 3. The van der Waals surface area contributed by atoms with Crippen LogP contribution in [-0.4, -0.2) is 29.0 Å². The fourth-order valence-electron chi connectivity index (χ4n) is 4.51. The Morgan fingerprint density at radius 2 is 1.90 bits per heavy atom. The number of amides is 1. The van der Waals surface area contributed by atoms with Gasteiger partial charge in [-0.05, 0) is 60.9 Å². The lowest BCUT2D eigenvalue weighted by molar-refractivity contribution is -0.132. The summed E-state index contributed by atoms with van der Waals surface area (Å²) in [4.78, 5) is 27.4. The van der Waals surface area contributed by atoms with E-state index in [-0.39, 0.29) is 17.5 Å². The number of carbonyl (C=O) groups excluding carboxylic acids is 1. The van der Waals surface area contributed by atoms with E-state index in [4.69, 9.17) is 4.74 Å². The van der Waals surface area contributed by atoms with E-state index in [9.17, 15) is 9.59 Å². The highest BCUT2D eigenvalue weighted by Gasteiger charge is 2.28. The Labute approximate surface area is 170 Å². The van der Waals surface area contributed by atoms with Crippen LogP contribution in [0.5, 0.6) is 5.75 Å². The zero-order valence-electron chi connectivity index (χ0n) is 17.1. The molecule has 0 radical (unpaired) electrons. The summed E-state index contributed by atoms with van der Waals surface area (Å²) in [5.74, 6) is 0.739. The van der Waals surface area contributed by atoms with Crippen LogP contribution in [0.4, 0.5) is 0 Å². The molecule has 1 atom stereocenters. The molecule has 1 amide bonds. The van der Waals surface area contributed by atoms with Crippen molar-refractivity contribution in [1.82, 2.24) is 9.47 Å². The van der Waals surface area contributed by atoms with Crippen molar-refractivity contribution in [1.29, 1.82) is 0 Å². The van der Waals surface area contributed by atoms with Gasteiger partial charge in [0.25, 0.3) is 5.56 Å². The minimum atomic E-state index is -0.0753. The van der Waals surface area contributed by atoms with Crippen LogP contribution in [0.3, 0.4) is 0 Å². The third-order valence-corrected chi connectivity index (χ3v) is 5.98. The lowest BCUT2D eigenvalue weighted by Crippen LogP contribution is -2.37. The predicted molar refractivity (Wildman–Crippen MR) is 115 cm³/mol. The van der Waals surface area contributed by atoms with Gasteiger partial charge in [-0.3, -0.25) is 14.2 Å². The molecule has 1 aliphatic rings. The molecule has 5 nitrogen and oxygen atoms in total. The summed E-state index contributed by atoms with van der Waals surface area (Å²) in [5.41, 5.74) is 2.72. The smallest absolute Gasteiger partial charge is 0.263 e. The van der Waals surface area contributed by atoms with Crippen molar-refractivity contribution < 1.29 is 9.53 Å². The molecule has 150 valence electrons. The van der Waals surface area contributed by atoms with Crippen LogP contribution in [0.1, 0.15) is 43.4 Å². The second-order valence-corrected chi connectivity index (χ2v) is 7.63. The summed E-state index contributed by atoms with van der Waals surface area (Å²) in [6.45, 7) is 4.42. The average molecular weight is 390 g/mol. The number of benzene rings is 2. The van der Waals surface area contributed by atoms with Crippen LogP contribution in [0.25, 0.3) is 16.5 Å². The van der Waals surface area contributed by atoms with Gasteiger partial charge < -0.3 is 9.64 Å². The van der Waals surface area contributed by atoms with Crippen molar-refractivity contribution in [2.75, 3.05) is 13.7 Å². The van der Waals surface area contributed by atoms with Crippen LogP contribution in [0, 0.1) is 6.92 Å². The number of carbonyl (C=O) groups is 1. The van der Waals surface area contributed by atoms with Gasteiger partial charge in [0.2, 0.25) is 5.91 Å². The first-order chi connectivity index (χ1) is 14.0. The zero-order chi connectivity index (χ0) is 20.5. The number of pyridine rings is 1. The molecule has 0 N–H and O–H groups in total. The summed E-state index contributed by atoms with van der Waals surface area (Å²) < 4.78 is 7.29. The summed E-state index contributed by atoms with van der Waals surface area (Å²) in [6.07, 6.45) is 4.86. The molecule has 0 bridgehead atoms. The van der Waals surface area contributed by atoms with Gasteiger partial charge >= 0.3 is 0 Å². The van der Waals surface area contributed by atoms with E-state index in [1.54, 1.807) is 18.6 Å². The number of fused-ring (bicyclic) bond motifs is 1. The Kier molecular flexibility index (Phi) is 5.14. The SMILES string of the molecule is COc1ccc(C2CCCCN2C(C)=O)c(C)c1-n1ccc2ccccc2c1=O. The number of ether oxygens (including phenoxy) is 1. The molecule has 4 rings (SSSR count). The zero-order valence-corrected chi connectivity index (χ0v) is 17.1. The Hall–Kier alpha value is -3.08. The lowest BCUT2D eigenvalue weighted by atomic mass is 9.91. The Morgan fingerprint density at radius 1 is 1.10 bits per heavy atom. The maximum absolute atomic E-state index is 13.3. The molecule has 3 aromatic rings.